The van der Waals surface area contributed by atoms with Gasteiger partial charge in [-0.05, 0) is 6.92 Å². The first-order chi connectivity index (χ1) is 6.83. The van der Waals surface area contributed by atoms with Crippen molar-refractivity contribution >= 4 is 27.1 Å². The number of carbonyl (C=O) groups excluding carboxylic acids is 1. The molecule has 0 amide bonds. The van der Waals surface area contributed by atoms with Crippen molar-refractivity contribution in [1.29, 1.82) is 0 Å². The third kappa shape index (κ3) is 3.28. The highest BCUT2D eigenvalue weighted by molar-refractivity contribution is 7.90. The largest absolute Gasteiger partial charge is 0.464 e. The molecular formula is C8H11NO4S2. The number of rotatable bonds is 3. The number of esters is 1. The molecule has 0 saturated heterocycles. The monoisotopic (exact) mass is 249 g/mol. The predicted octanol–water partition coefficient (Wildman–Crippen LogP) is 0.783. The van der Waals surface area contributed by atoms with E-state index in [0.29, 0.717) is 9.88 Å². The average molecular weight is 249 g/mol. The van der Waals surface area contributed by atoms with Crippen LogP contribution in [0.4, 0.5) is 0 Å². The highest BCUT2D eigenvalue weighted by atomic mass is 32.2. The van der Waals surface area contributed by atoms with Crippen LogP contribution in [0.25, 0.3) is 0 Å². The molecule has 0 aliphatic heterocycles. The van der Waals surface area contributed by atoms with Gasteiger partial charge in [0.1, 0.15) is 10.8 Å². The van der Waals surface area contributed by atoms with Gasteiger partial charge >= 0.3 is 5.97 Å². The quantitative estimate of drug-likeness (QED) is 0.740. The summed E-state index contributed by atoms with van der Waals surface area (Å²) in [7, 11) is -1.86. The van der Waals surface area contributed by atoms with Gasteiger partial charge in [-0.25, -0.2) is 18.2 Å². The number of aryl methyl sites for hydroxylation is 1. The summed E-state index contributed by atoms with van der Waals surface area (Å²) in [5.74, 6) is -0.682. The van der Waals surface area contributed by atoms with Gasteiger partial charge in [0.15, 0.2) is 15.5 Å². The molecule has 0 radical (unpaired) electrons. The van der Waals surface area contributed by atoms with Crippen LogP contribution >= 0.6 is 11.3 Å². The molecule has 0 atom stereocenters. The van der Waals surface area contributed by atoms with Gasteiger partial charge in [0.2, 0.25) is 0 Å². The minimum atomic E-state index is -3.12. The molecule has 1 aromatic heterocycles. The number of carbonyl (C=O) groups is 1. The van der Waals surface area contributed by atoms with Crippen LogP contribution in [0.5, 0.6) is 0 Å². The molecule has 1 aromatic rings. The van der Waals surface area contributed by atoms with Gasteiger partial charge < -0.3 is 4.74 Å². The molecule has 15 heavy (non-hydrogen) atoms. The topological polar surface area (TPSA) is 73.3 Å². The number of hydrogen-bond donors (Lipinski definition) is 0. The molecule has 0 N–H and O–H groups in total. The van der Waals surface area contributed by atoms with Crippen LogP contribution < -0.4 is 0 Å². The molecule has 0 aliphatic carbocycles. The molecule has 5 nitrogen and oxygen atoms in total. The average Bonchev–Trinajstić information content (AvgIpc) is 2.42. The Morgan fingerprint density at radius 3 is 2.60 bits per heavy atom. The van der Waals surface area contributed by atoms with E-state index in [1.807, 2.05) is 0 Å². The van der Waals surface area contributed by atoms with Crippen LogP contribution in [0.3, 0.4) is 0 Å². The Labute approximate surface area is 92.0 Å². The van der Waals surface area contributed by atoms with Crippen molar-refractivity contribution in [1.82, 2.24) is 4.98 Å². The molecule has 0 aliphatic rings. The molecule has 0 bridgehead atoms. The van der Waals surface area contributed by atoms with Crippen molar-refractivity contribution in [2.45, 2.75) is 12.7 Å². The highest BCUT2D eigenvalue weighted by Crippen LogP contribution is 2.19. The zero-order valence-electron chi connectivity index (χ0n) is 8.60. The Bertz CT molecular complexity index is 475. The van der Waals surface area contributed by atoms with E-state index >= 15 is 0 Å². The summed E-state index contributed by atoms with van der Waals surface area (Å²) in [4.78, 5) is 15.8. The Balaban J connectivity index is 3.01. The minimum Gasteiger partial charge on any atom is -0.464 e. The molecule has 0 fully saturated rings. The molecule has 7 heteroatoms. The van der Waals surface area contributed by atoms with Gasteiger partial charge in [0, 0.05) is 11.1 Å². The zero-order chi connectivity index (χ0) is 11.6. The molecule has 1 heterocycles. The summed E-state index contributed by atoms with van der Waals surface area (Å²) >= 11 is 1.19. The van der Waals surface area contributed by atoms with E-state index in [-0.39, 0.29) is 11.4 Å². The Morgan fingerprint density at radius 1 is 1.53 bits per heavy atom. The Kier molecular flexibility index (Phi) is 3.46. The summed E-state index contributed by atoms with van der Waals surface area (Å²) in [6, 6.07) is 0. The number of ether oxygens (including phenoxy) is 1. The normalized spacial score (nSPS) is 11.4. The summed E-state index contributed by atoms with van der Waals surface area (Å²) in [6.07, 6.45) is 1.13. The van der Waals surface area contributed by atoms with Crippen molar-refractivity contribution in [3.8, 4) is 0 Å². The molecule has 84 valence electrons. The maximum absolute atomic E-state index is 11.2. The highest BCUT2D eigenvalue weighted by Gasteiger charge is 2.17. The van der Waals surface area contributed by atoms with Crippen LogP contribution in [-0.4, -0.2) is 32.7 Å². The van der Waals surface area contributed by atoms with E-state index in [1.54, 1.807) is 6.92 Å². The maximum Gasteiger partial charge on any atom is 0.357 e. The molecule has 0 spiro atoms. The number of methoxy groups -OCH3 is 1. The third-order valence-electron chi connectivity index (χ3n) is 1.61. The van der Waals surface area contributed by atoms with E-state index in [2.05, 4.69) is 9.72 Å². The van der Waals surface area contributed by atoms with Crippen molar-refractivity contribution < 1.29 is 17.9 Å². The SMILES string of the molecule is COC(=O)c1nc(CS(C)(=O)=O)sc1C. The van der Waals surface area contributed by atoms with Crippen molar-refractivity contribution in [2.75, 3.05) is 13.4 Å². The Morgan fingerprint density at radius 2 is 2.13 bits per heavy atom. The van der Waals surface area contributed by atoms with Gasteiger partial charge in [0.05, 0.1) is 7.11 Å². The number of hydrogen-bond acceptors (Lipinski definition) is 6. The lowest BCUT2D eigenvalue weighted by atomic mass is 10.4. The number of nitrogens with zero attached hydrogens (tertiary/aromatic N) is 1. The summed E-state index contributed by atoms with van der Waals surface area (Å²) in [6.45, 7) is 1.70. The van der Waals surface area contributed by atoms with Crippen LogP contribution in [0.15, 0.2) is 0 Å². The number of thiazole rings is 1. The minimum absolute atomic E-state index is 0.143. The van der Waals surface area contributed by atoms with Crippen LogP contribution in [0.1, 0.15) is 20.4 Å². The van der Waals surface area contributed by atoms with Crippen molar-refractivity contribution in [3.05, 3.63) is 15.6 Å². The van der Waals surface area contributed by atoms with Gasteiger partial charge in [-0.15, -0.1) is 11.3 Å². The van der Waals surface area contributed by atoms with Gasteiger partial charge in [-0.2, -0.15) is 0 Å². The lowest BCUT2D eigenvalue weighted by Gasteiger charge is -1.94. The van der Waals surface area contributed by atoms with E-state index in [1.165, 1.54) is 18.4 Å². The fraction of sp³-hybridized carbons (Fsp3) is 0.500. The maximum atomic E-state index is 11.2. The fourth-order valence-electron chi connectivity index (χ4n) is 1.02. The first-order valence-electron chi connectivity index (χ1n) is 4.06. The second kappa shape index (κ2) is 4.28. The van der Waals surface area contributed by atoms with Crippen LogP contribution in [0, 0.1) is 6.92 Å². The summed E-state index contributed by atoms with van der Waals surface area (Å²) in [5.41, 5.74) is 0.196. The number of sulfone groups is 1. The predicted molar refractivity (Wildman–Crippen MR) is 56.7 cm³/mol. The molecule has 0 unspecified atom stereocenters. The second-order valence-corrected chi connectivity index (χ2v) is 6.50. The van der Waals surface area contributed by atoms with E-state index < -0.39 is 15.8 Å². The van der Waals surface area contributed by atoms with Crippen LogP contribution in [-0.2, 0) is 20.3 Å². The smallest absolute Gasteiger partial charge is 0.357 e. The first kappa shape index (κ1) is 12.1. The van der Waals surface area contributed by atoms with Gasteiger partial charge in [-0.3, -0.25) is 0 Å². The third-order valence-corrected chi connectivity index (χ3v) is 3.56. The standard InChI is InChI=1S/C8H11NO4S2/c1-5-7(8(10)13-2)9-6(14-5)4-15(3,11)12/h4H2,1-3H3. The summed E-state index contributed by atoms with van der Waals surface area (Å²) in [5, 5.41) is 0.412. The molecule has 0 aromatic carbocycles. The molecule has 0 saturated carbocycles. The van der Waals surface area contributed by atoms with Gasteiger partial charge in [-0.1, -0.05) is 0 Å². The zero-order valence-corrected chi connectivity index (χ0v) is 10.2. The second-order valence-electron chi connectivity index (χ2n) is 3.07. The molecular weight excluding hydrogens is 238 g/mol. The first-order valence-corrected chi connectivity index (χ1v) is 6.93. The Hall–Kier alpha value is -0.950. The number of aromatic nitrogens is 1. The molecule has 1 rings (SSSR count). The van der Waals surface area contributed by atoms with Gasteiger partial charge in [0.25, 0.3) is 0 Å². The summed E-state index contributed by atoms with van der Waals surface area (Å²) < 4.78 is 26.5. The van der Waals surface area contributed by atoms with Crippen LogP contribution in [0.2, 0.25) is 0 Å². The van der Waals surface area contributed by atoms with E-state index in [4.69, 9.17) is 0 Å². The van der Waals surface area contributed by atoms with Crippen molar-refractivity contribution in [3.63, 3.8) is 0 Å². The van der Waals surface area contributed by atoms with E-state index in [9.17, 15) is 13.2 Å². The lowest BCUT2D eigenvalue weighted by Crippen LogP contribution is -2.05. The van der Waals surface area contributed by atoms with Crippen molar-refractivity contribution in [2.24, 2.45) is 0 Å². The lowest BCUT2D eigenvalue weighted by molar-refractivity contribution is 0.0594. The fourth-order valence-corrected chi connectivity index (χ4v) is 3.13. The van der Waals surface area contributed by atoms with E-state index in [0.717, 1.165) is 6.26 Å².